The molecule has 0 bridgehead atoms. The van der Waals surface area contributed by atoms with Crippen molar-refractivity contribution in [1.29, 1.82) is 0 Å². The van der Waals surface area contributed by atoms with Crippen LogP contribution in [0.15, 0.2) is 29.2 Å². The van der Waals surface area contributed by atoms with E-state index in [1.807, 2.05) is 23.1 Å². The van der Waals surface area contributed by atoms with Crippen molar-refractivity contribution in [2.24, 2.45) is 0 Å². The fraction of sp³-hybridized carbons (Fsp3) is 0.471. The van der Waals surface area contributed by atoms with Gasteiger partial charge in [-0.25, -0.2) is 4.98 Å². The second-order valence-electron chi connectivity index (χ2n) is 4.88. The minimum absolute atomic E-state index is 0.938. The van der Waals surface area contributed by atoms with E-state index in [-0.39, 0.29) is 0 Å². The van der Waals surface area contributed by atoms with Crippen molar-refractivity contribution in [1.82, 2.24) is 10.3 Å². The molecule has 21 heavy (non-hydrogen) atoms. The average Bonchev–Trinajstić information content (AvgIpc) is 2.90. The van der Waals surface area contributed by atoms with Gasteiger partial charge >= 0.3 is 0 Å². The first-order valence-corrected chi connectivity index (χ1v) is 9.51. The molecule has 0 atom stereocenters. The van der Waals surface area contributed by atoms with Gasteiger partial charge in [-0.1, -0.05) is 39.3 Å². The van der Waals surface area contributed by atoms with E-state index in [4.69, 9.17) is 4.98 Å². The molecule has 2 nitrogen and oxygen atoms in total. The molecular formula is C17H24N2S2. The summed E-state index contributed by atoms with van der Waals surface area (Å²) < 4.78 is 0. The lowest BCUT2D eigenvalue weighted by atomic mass is 10.2. The molecule has 0 saturated carbocycles. The summed E-state index contributed by atoms with van der Waals surface area (Å²) in [5.74, 6) is 1.12. The number of benzene rings is 1. The number of hydrogen-bond acceptors (Lipinski definition) is 4. The molecule has 1 heterocycles. The van der Waals surface area contributed by atoms with E-state index in [1.165, 1.54) is 21.0 Å². The van der Waals surface area contributed by atoms with Crippen molar-refractivity contribution < 1.29 is 0 Å². The monoisotopic (exact) mass is 320 g/mol. The van der Waals surface area contributed by atoms with Crippen LogP contribution in [-0.4, -0.2) is 17.3 Å². The highest BCUT2D eigenvalue weighted by Gasteiger charge is 2.11. The van der Waals surface area contributed by atoms with E-state index < -0.39 is 0 Å². The first-order chi connectivity index (χ1) is 10.3. The molecule has 2 rings (SSSR count). The molecule has 1 aromatic heterocycles. The third-order valence-electron chi connectivity index (χ3n) is 3.21. The van der Waals surface area contributed by atoms with Gasteiger partial charge in [-0.3, -0.25) is 0 Å². The van der Waals surface area contributed by atoms with E-state index >= 15 is 0 Å². The van der Waals surface area contributed by atoms with Crippen LogP contribution in [0.5, 0.6) is 0 Å². The predicted octanol–water partition coefficient (Wildman–Crippen LogP) is 4.98. The summed E-state index contributed by atoms with van der Waals surface area (Å²) >= 11 is 3.71. The Bertz CT molecular complexity index is 546. The maximum atomic E-state index is 4.87. The zero-order valence-electron chi connectivity index (χ0n) is 13.1. The molecule has 0 amide bonds. The Labute approximate surface area is 136 Å². The molecule has 2 aromatic rings. The van der Waals surface area contributed by atoms with E-state index in [9.17, 15) is 0 Å². The number of nitrogens with zero attached hydrogens (tertiary/aromatic N) is 1. The summed E-state index contributed by atoms with van der Waals surface area (Å²) in [5.41, 5.74) is 2.51. The summed E-state index contributed by atoms with van der Waals surface area (Å²) in [7, 11) is 0. The minimum atomic E-state index is 0.938. The summed E-state index contributed by atoms with van der Waals surface area (Å²) in [6.07, 6.45) is 2.22. The number of aryl methyl sites for hydroxylation is 1. The van der Waals surface area contributed by atoms with Crippen molar-refractivity contribution >= 4 is 23.1 Å². The number of hydrogen-bond donors (Lipinski definition) is 1. The molecule has 0 aliphatic heterocycles. The van der Waals surface area contributed by atoms with Crippen molar-refractivity contribution in [3.8, 4) is 10.6 Å². The molecule has 0 fully saturated rings. The van der Waals surface area contributed by atoms with Gasteiger partial charge in [-0.2, -0.15) is 0 Å². The molecule has 1 N–H and O–H groups in total. The zero-order chi connectivity index (χ0) is 15.1. The topological polar surface area (TPSA) is 24.9 Å². The largest absolute Gasteiger partial charge is 0.312 e. The van der Waals surface area contributed by atoms with Crippen molar-refractivity contribution in [2.75, 3.05) is 12.3 Å². The molecule has 114 valence electrons. The molecule has 0 aliphatic carbocycles. The van der Waals surface area contributed by atoms with Gasteiger partial charge in [0.15, 0.2) is 0 Å². The first kappa shape index (κ1) is 16.5. The van der Waals surface area contributed by atoms with E-state index in [0.29, 0.717) is 0 Å². The van der Waals surface area contributed by atoms with Gasteiger partial charge < -0.3 is 5.32 Å². The van der Waals surface area contributed by atoms with Crippen LogP contribution in [0.4, 0.5) is 0 Å². The molecule has 0 saturated heterocycles. The van der Waals surface area contributed by atoms with Gasteiger partial charge in [-0.15, -0.1) is 23.1 Å². The van der Waals surface area contributed by atoms with Crippen LogP contribution in [0.3, 0.4) is 0 Å². The van der Waals surface area contributed by atoms with Crippen LogP contribution in [-0.2, 0) is 13.0 Å². The summed E-state index contributed by atoms with van der Waals surface area (Å²) in [6, 6.07) is 8.80. The highest BCUT2D eigenvalue weighted by molar-refractivity contribution is 7.99. The lowest BCUT2D eigenvalue weighted by Gasteiger charge is -2.00. The lowest BCUT2D eigenvalue weighted by molar-refractivity contribution is 0.723. The summed E-state index contributed by atoms with van der Waals surface area (Å²) in [4.78, 5) is 7.59. The highest BCUT2D eigenvalue weighted by atomic mass is 32.2. The molecule has 1 aromatic carbocycles. The molecule has 0 unspecified atom stereocenters. The van der Waals surface area contributed by atoms with Gasteiger partial charge in [0.25, 0.3) is 0 Å². The maximum absolute atomic E-state index is 4.87. The Morgan fingerprint density at radius 1 is 1.14 bits per heavy atom. The SMILES string of the molecule is CCCc1nc(-c2ccc(SCC)cc2)sc1CNCC. The van der Waals surface area contributed by atoms with Gasteiger partial charge in [0.2, 0.25) is 0 Å². The van der Waals surface area contributed by atoms with Gasteiger partial charge in [0.05, 0.1) is 5.69 Å². The van der Waals surface area contributed by atoms with Crippen LogP contribution in [0, 0.1) is 0 Å². The normalized spacial score (nSPS) is 11.0. The van der Waals surface area contributed by atoms with Crippen LogP contribution in [0.25, 0.3) is 10.6 Å². The molecule has 0 spiro atoms. The first-order valence-electron chi connectivity index (χ1n) is 7.71. The minimum Gasteiger partial charge on any atom is -0.312 e. The second-order valence-corrected chi connectivity index (χ2v) is 7.30. The van der Waals surface area contributed by atoms with Gasteiger partial charge in [0.1, 0.15) is 5.01 Å². The van der Waals surface area contributed by atoms with Gasteiger partial charge in [-0.05, 0) is 30.9 Å². The number of thiazole rings is 1. The van der Waals surface area contributed by atoms with Crippen LogP contribution < -0.4 is 5.32 Å². The number of thioether (sulfide) groups is 1. The Morgan fingerprint density at radius 3 is 2.52 bits per heavy atom. The quantitative estimate of drug-likeness (QED) is 0.694. The van der Waals surface area contributed by atoms with E-state index in [1.54, 1.807) is 0 Å². The molecular weight excluding hydrogens is 296 g/mol. The Balaban J connectivity index is 2.21. The fourth-order valence-corrected chi connectivity index (χ4v) is 3.92. The molecule has 0 aliphatic rings. The molecule has 0 radical (unpaired) electrons. The van der Waals surface area contributed by atoms with Crippen LogP contribution in [0.2, 0.25) is 0 Å². The predicted molar refractivity (Wildman–Crippen MR) is 95.3 cm³/mol. The fourth-order valence-electron chi connectivity index (χ4n) is 2.18. The Kier molecular flexibility index (Phi) is 6.74. The summed E-state index contributed by atoms with van der Waals surface area (Å²) in [6.45, 7) is 8.48. The second kappa shape index (κ2) is 8.57. The Morgan fingerprint density at radius 2 is 1.90 bits per heavy atom. The zero-order valence-corrected chi connectivity index (χ0v) is 14.7. The van der Waals surface area contributed by atoms with E-state index in [2.05, 4.69) is 50.4 Å². The average molecular weight is 321 g/mol. The standard InChI is InChI=1S/C17H24N2S2/c1-4-7-15-16(12-18-5-2)21-17(19-15)13-8-10-14(11-9-13)20-6-3/h8-11,18H,4-7,12H2,1-3H3. The van der Waals surface area contributed by atoms with Crippen LogP contribution in [0.1, 0.15) is 37.8 Å². The Hall–Kier alpha value is -0.840. The number of aromatic nitrogens is 1. The van der Waals surface area contributed by atoms with Gasteiger partial charge in [0, 0.05) is 21.9 Å². The lowest BCUT2D eigenvalue weighted by Crippen LogP contribution is -2.11. The number of nitrogens with one attached hydrogen (secondary N) is 1. The summed E-state index contributed by atoms with van der Waals surface area (Å²) in [5, 5.41) is 4.57. The third kappa shape index (κ3) is 4.56. The smallest absolute Gasteiger partial charge is 0.123 e. The maximum Gasteiger partial charge on any atom is 0.123 e. The highest BCUT2D eigenvalue weighted by Crippen LogP contribution is 2.30. The van der Waals surface area contributed by atoms with Crippen LogP contribution >= 0.6 is 23.1 Å². The third-order valence-corrected chi connectivity index (χ3v) is 5.25. The van der Waals surface area contributed by atoms with E-state index in [0.717, 1.165) is 36.7 Å². The molecule has 4 heteroatoms. The van der Waals surface area contributed by atoms with Crippen molar-refractivity contribution in [2.45, 2.75) is 45.1 Å². The van der Waals surface area contributed by atoms with Crippen molar-refractivity contribution in [3.05, 3.63) is 34.8 Å². The van der Waals surface area contributed by atoms with Crippen molar-refractivity contribution in [3.63, 3.8) is 0 Å². The number of rotatable bonds is 8.